The van der Waals surface area contributed by atoms with Crippen molar-refractivity contribution < 1.29 is 28.5 Å². The molecule has 47 heavy (non-hydrogen) atoms. The van der Waals surface area contributed by atoms with E-state index in [1.807, 2.05) is 23.1 Å². The lowest BCUT2D eigenvalue weighted by Gasteiger charge is -2.38. The van der Waals surface area contributed by atoms with Crippen LogP contribution in [0.5, 0.6) is 11.5 Å². The number of nitrogens with zero attached hydrogens (tertiary/aromatic N) is 4. The van der Waals surface area contributed by atoms with Crippen LogP contribution < -0.4 is 20.7 Å². The second-order valence-electron chi connectivity index (χ2n) is 11.8. The molecule has 1 saturated heterocycles. The Kier molecular flexibility index (Phi) is 11.1. The van der Waals surface area contributed by atoms with Crippen LogP contribution in [-0.2, 0) is 38.4 Å². The van der Waals surface area contributed by atoms with E-state index in [1.165, 1.54) is 32.1 Å². The lowest BCUT2D eigenvalue weighted by Crippen LogP contribution is -2.51. The molecule has 0 atom stereocenters. The maximum Gasteiger partial charge on any atom is 0.331 e. The number of halogens is 1. The summed E-state index contributed by atoms with van der Waals surface area (Å²) in [6.45, 7) is 1.26. The first-order valence-corrected chi connectivity index (χ1v) is 16.0. The summed E-state index contributed by atoms with van der Waals surface area (Å²) in [6.07, 6.45) is 3.71. The minimum atomic E-state index is -0.746. The van der Waals surface area contributed by atoms with Gasteiger partial charge in [-0.05, 0) is 48.6 Å². The smallest absolute Gasteiger partial charge is 0.331 e. The highest BCUT2D eigenvalue weighted by Crippen LogP contribution is 2.33. The second-order valence-corrected chi connectivity index (χ2v) is 12.2. The van der Waals surface area contributed by atoms with Gasteiger partial charge in [0.05, 0.1) is 50.5 Å². The predicted molar refractivity (Wildman–Crippen MR) is 176 cm³/mol. The number of piperidine rings is 1. The van der Waals surface area contributed by atoms with Crippen LogP contribution in [-0.4, -0.2) is 98.1 Å². The molecule has 3 aromatic rings. The minimum Gasteiger partial charge on any atom is -0.497 e. The Morgan fingerprint density at radius 3 is 2.30 bits per heavy atom. The third kappa shape index (κ3) is 7.24. The molecular formula is C34H41ClN4O8. The van der Waals surface area contributed by atoms with Gasteiger partial charge in [-0.3, -0.25) is 23.5 Å². The van der Waals surface area contributed by atoms with Gasteiger partial charge in [0.2, 0.25) is 11.8 Å². The lowest BCUT2D eigenvalue weighted by molar-refractivity contribution is -0.136. The van der Waals surface area contributed by atoms with Crippen LogP contribution in [0.15, 0.2) is 52.2 Å². The molecule has 5 rings (SSSR count). The Labute approximate surface area is 278 Å². The molecule has 12 nitrogen and oxygen atoms in total. The number of hydrogen-bond acceptors (Lipinski definition) is 8. The Balaban J connectivity index is 1.36. The van der Waals surface area contributed by atoms with E-state index in [0.29, 0.717) is 50.2 Å². The largest absolute Gasteiger partial charge is 0.497 e. The number of carbonyl (C=O) groups excluding carboxylic acids is 2. The maximum atomic E-state index is 13.8. The number of aromatic nitrogens is 2. The molecule has 0 bridgehead atoms. The van der Waals surface area contributed by atoms with Gasteiger partial charge in [-0.1, -0.05) is 29.8 Å². The summed E-state index contributed by atoms with van der Waals surface area (Å²) in [4.78, 5) is 58.2. The van der Waals surface area contributed by atoms with Crippen molar-refractivity contribution in [1.82, 2.24) is 18.9 Å². The van der Waals surface area contributed by atoms with Crippen molar-refractivity contribution in [2.75, 3.05) is 61.3 Å². The van der Waals surface area contributed by atoms with Gasteiger partial charge < -0.3 is 28.7 Å². The van der Waals surface area contributed by atoms with Crippen LogP contribution in [0.1, 0.15) is 30.0 Å². The minimum absolute atomic E-state index is 0.0121. The van der Waals surface area contributed by atoms with Crippen molar-refractivity contribution in [1.29, 1.82) is 0 Å². The molecule has 0 radical (unpaired) electrons. The number of likely N-dealkylation sites (tertiary alicyclic amines) is 1. The Hall–Kier alpha value is -4.13. The molecule has 252 valence electrons. The zero-order valence-electron chi connectivity index (χ0n) is 27.2. The monoisotopic (exact) mass is 668 g/mol. The number of fused-ring (bicyclic) bond motifs is 1. The molecule has 1 aromatic heterocycles. The van der Waals surface area contributed by atoms with Gasteiger partial charge in [-0.2, -0.15) is 0 Å². The summed E-state index contributed by atoms with van der Waals surface area (Å²) < 4.78 is 23.6. The van der Waals surface area contributed by atoms with E-state index < -0.39 is 17.3 Å². The van der Waals surface area contributed by atoms with Gasteiger partial charge in [0.15, 0.2) is 0 Å². The van der Waals surface area contributed by atoms with E-state index in [1.54, 1.807) is 30.2 Å². The third-order valence-electron chi connectivity index (χ3n) is 9.00. The molecule has 0 aliphatic carbocycles. The number of hydrogen-bond donors (Lipinski definition) is 0. The fourth-order valence-corrected chi connectivity index (χ4v) is 6.83. The van der Waals surface area contributed by atoms with Gasteiger partial charge in [-0.15, -0.1) is 0 Å². The molecule has 0 unspecified atom stereocenters. The molecule has 0 N–H and O–H groups in total. The summed E-state index contributed by atoms with van der Waals surface area (Å²) in [7, 11) is 6.04. The first-order chi connectivity index (χ1) is 22.7. The van der Waals surface area contributed by atoms with Crippen molar-refractivity contribution in [2.24, 2.45) is 0 Å². The Morgan fingerprint density at radius 2 is 1.64 bits per heavy atom. The number of amides is 2. The Morgan fingerprint density at radius 1 is 0.915 bits per heavy atom. The van der Waals surface area contributed by atoms with Crippen LogP contribution in [0, 0.1) is 0 Å². The molecule has 1 fully saturated rings. The van der Waals surface area contributed by atoms with E-state index in [-0.39, 0.29) is 48.2 Å². The fourth-order valence-electron chi connectivity index (χ4n) is 6.52. The van der Waals surface area contributed by atoms with Gasteiger partial charge in [-0.25, -0.2) is 4.79 Å². The predicted octanol–water partition coefficient (Wildman–Crippen LogP) is 2.80. The summed E-state index contributed by atoms with van der Waals surface area (Å²) in [5, 5.41) is 0.206. The zero-order chi connectivity index (χ0) is 33.7. The van der Waals surface area contributed by atoms with Crippen molar-refractivity contribution in [3.05, 3.63) is 79.6 Å². The van der Waals surface area contributed by atoms with Gasteiger partial charge >= 0.3 is 5.69 Å². The standard InChI is InChI=1S/C34H41ClN4O8/c1-44-20-25(21-45-2)39-33(42)28(27-6-5-7-29(47-4)32(27)35)18-37(34(39)43)19-31(41)36-13-11-24(12-14-36)38-15-10-23-16-26(46-3)9-8-22(23)17-30(38)40/h5-9,16,18,24-25H,10-15,17,19-21H2,1-4H3. The molecule has 2 aliphatic rings. The van der Waals surface area contributed by atoms with Crippen molar-refractivity contribution >= 4 is 23.4 Å². The molecule has 3 heterocycles. The molecule has 2 amide bonds. The first-order valence-electron chi connectivity index (χ1n) is 15.6. The number of methoxy groups -OCH3 is 4. The normalized spacial score (nSPS) is 15.5. The van der Waals surface area contributed by atoms with Crippen LogP contribution in [0.25, 0.3) is 11.1 Å². The van der Waals surface area contributed by atoms with E-state index in [4.69, 9.17) is 30.5 Å². The quantitative estimate of drug-likeness (QED) is 0.306. The molecule has 0 spiro atoms. The van der Waals surface area contributed by atoms with Gasteiger partial charge in [0, 0.05) is 51.7 Å². The fraction of sp³-hybridized carbons (Fsp3) is 0.471. The molecule has 0 saturated carbocycles. The average Bonchev–Trinajstić information content (AvgIpc) is 3.24. The average molecular weight is 669 g/mol. The summed E-state index contributed by atoms with van der Waals surface area (Å²) in [5.74, 6) is 0.953. The Bertz CT molecular complexity index is 1720. The summed E-state index contributed by atoms with van der Waals surface area (Å²) in [5.41, 5.74) is 1.39. The summed E-state index contributed by atoms with van der Waals surface area (Å²) >= 11 is 6.61. The van der Waals surface area contributed by atoms with E-state index >= 15 is 0 Å². The third-order valence-corrected chi connectivity index (χ3v) is 9.39. The molecule has 13 heteroatoms. The van der Waals surface area contributed by atoms with Crippen LogP contribution in [0.3, 0.4) is 0 Å². The lowest BCUT2D eigenvalue weighted by atomic mass is 10.0. The number of rotatable bonds is 11. The molecule has 2 aliphatic heterocycles. The highest BCUT2D eigenvalue weighted by Gasteiger charge is 2.32. The van der Waals surface area contributed by atoms with Gasteiger partial charge in [0.1, 0.15) is 18.0 Å². The van der Waals surface area contributed by atoms with E-state index in [2.05, 4.69) is 0 Å². The van der Waals surface area contributed by atoms with Crippen LogP contribution in [0.2, 0.25) is 5.02 Å². The molecule has 2 aromatic carbocycles. The number of benzene rings is 2. The van der Waals surface area contributed by atoms with E-state index in [9.17, 15) is 19.2 Å². The number of ether oxygens (including phenoxy) is 4. The second kappa shape index (κ2) is 15.2. The van der Waals surface area contributed by atoms with Crippen molar-refractivity contribution in [3.8, 4) is 22.6 Å². The zero-order valence-corrected chi connectivity index (χ0v) is 28.0. The maximum absolute atomic E-state index is 13.8. The summed E-state index contributed by atoms with van der Waals surface area (Å²) in [6, 6.07) is 10.1. The van der Waals surface area contributed by atoms with Crippen molar-refractivity contribution in [3.63, 3.8) is 0 Å². The first kappa shape index (κ1) is 34.2. The van der Waals surface area contributed by atoms with Gasteiger partial charge in [0.25, 0.3) is 5.56 Å². The number of carbonyl (C=O) groups is 2. The topological polar surface area (TPSA) is 122 Å². The van der Waals surface area contributed by atoms with Crippen LogP contribution >= 0.6 is 11.6 Å². The SMILES string of the molecule is COCC(COC)n1c(=O)c(-c2cccc(OC)c2Cl)cn(CC(=O)N2CCC(N3CCc4cc(OC)ccc4CC3=O)CC2)c1=O. The molecular weight excluding hydrogens is 628 g/mol. The van der Waals surface area contributed by atoms with Crippen LogP contribution in [0.4, 0.5) is 0 Å². The van der Waals surface area contributed by atoms with Crippen molar-refractivity contribution in [2.45, 2.75) is 44.3 Å². The highest BCUT2D eigenvalue weighted by atomic mass is 35.5. The highest BCUT2D eigenvalue weighted by molar-refractivity contribution is 6.34. The van der Waals surface area contributed by atoms with E-state index in [0.717, 1.165) is 27.9 Å².